The molecule has 2 bridgehead atoms. The smallest absolute Gasteiger partial charge is 0.191 e. The molecule has 2 atom stereocenters. The average molecular weight is 336 g/mol. The summed E-state index contributed by atoms with van der Waals surface area (Å²) in [4.78, 5) is 12.9. The second-order valence-corrected chi connectivity index (χ2v) is 8.18. The van der Waals surface area contributed by atoms with Crippen LogP contribution in [0, 0.1) is 13.8 Å². The largest absolute Gasteiger partial charge is 0.354 e. The second-order valence-electron chi connectivity index (χ2n) is 6.89. The Hall–Kier alpha value is -1.14. The summed E-state index contributed by atoms with van der Waals surface area (Å²) in [7, 11) is 4.15. The van der Waals surface area contributed by atoms with Crippen LogP contribution in [0.1, 0.15) is 47.7 Å². The van der Waals surface area contributed by atoms with Gasteiger partial charge < -0.3 is 15.5 Å². The maximum atomic E-state index is 4.59. The molecule has 2 aliphatic rings. The van der Waals surface area contributed by atoms with Crippen molar-refractivity contribution in [3.63, 3.8) is 0 Å². The zero-order chi connectivity index (χ0) is 16.4. The number of guanidine groups is 1. The average Bonchev–Trinajstić information content (AvgIpc) is 2.83. The van der Waals surface area contributed by atoms with Gasteiger partial charge in [0.2, 0.25) is 0 Å². The van der Waals surface area contributed by atoms with Crippen molar-refractivity contribution in [2.45, 2.75) is 70.6 Å². The number of hydrogen-bond donors (Lipinski definition) is 2. The SMILES string of the molecule is CN=C(NCc1nc(C)c(C)s1)NC1CC2CCCC(C1)N2C. The highest BCUT2D eigenvalue weighted by atomic mass is 32.1. The van der Waals surface area contributed by atoms with Gasteiger partial charge in [0.25, 0.3) is 0 Å². The van der Waals surface area contributed by atoms with E-state index >= 15 is 0 Å². The lowest BCUT2D eigenvalue weighted by Crippen LogP contribution is -2.56. The quantitative estimate of drug-likeness (QED) is 0.658. The Morgan fingerprint density at radius 2 is 2.00 bits per heavy atom. The summed E-state index contributed by atoms with van der Waals surface area (Å²) in [5.74, 6) is 0.906. The van der Waals surface area contributed by atoms with Crippen LogP contribution in [0.15, 0.2) is 4.99 Å². The molecular weight excluding hydrogens is 306 g/mol. The Balaban J connectivity index is 1.53. The maximum Gasteiger partial charge on any atom is 0.191 e. The van der Waals surface area contributed by atoms with E-state index in [1.54, 1.807) is 11.3 Å². The van der Waals surface area contributed by atoms with Crippen molar-refractivity contribution < 1.29 is 0 Å². The zero-order valence-electron chi connectivity index (χ0n) is 14.7. The number of aliphatic imine (C=N–C) groups is 1. The normalized spacial score (nSPS) is 28.7. The van der Waals surface area contributed by atoms with E-state index in [-0.39, 0.29) is 0 Å². The third-order valence-electron chi connectivity index (χ3n) is 5.38. The molecule has 3 rings (SSSR count). The van der Waals surface area contributed by atoms with Gasteiger partial charge in [0.1, 0.15) is 5.01 Å². The van der Waals surface area contributed by atoms with E-state index in [0.29, 0.717) is 6.04 Å². The Morgan fingerprint density at radius 3 is 2.57 bits per heavy atom. The van der Waals surface area contributed by atoms with Crippen LogP contribution in [-0.4, -0.2) is 48.1 Å². The van der Waals surface area contributed by atoms with Crippen LogP contribution in [0.2, 0.25) is 0 Å². The summed E-state index contributed by atoms with van der Waals surface area (Å²) in [6.07, 6.45) is 6.53. The van der Waals surface area contributed by atoms with Gasteiger partial charge in [0.15, 0.2) is 5.96 Å². The predicted octanol–water partition coefficient (Wildman–Crippen LogP) is 2.44. The van der Waals surface area contributed by atoms with E-state index < -0.39 is 0 Å². The lowest BCUT2D eigenvalue weighted by atomic mass is 9.82. The minimum atomic E-state index is 0.535. The van der Waals surface area contributed by atoms with Crippen LogP contribution in [-0.2, 0) is 6.54 Å². The van der Waals surface area contributed by atoms with Gasteiger partial charge in [-0.1, -0.05) is 6.42 Å². The first-order valence-electron chi connectivity index (χ1n) is 8.69. The first-order chi connectivity index (χ1) is 11.1. The van der Waals surface area contributed by atoms with Crippen LogP contribution < -0.4 is 10.6 Å². The van der Waals surface area contributed by atoms with Gasteiger partial charge >= 0.3 is 0 Å². The number of hydrogen-bond acceptors (Lipinski definition) is 4. The molecule has 128 valence electrons. The summed E-state index contributed by atoms with van der Waals surface area (Å²) in [6.45, 7) is 4.94. The molecule has 2 N–H and O–H groups in total. The molecule has 0 radical (unpaired) electrons. The van der Waals surface area contributed by atoms with E-state index in [2.05, 4.69) is 46.4 Å². The summed E-state index contributed by atoms with van der Waals surface area (Å²) >= 11 is 1.76. The van der Waals surface area contributed by atoms with Crippen LogP contribution >= 0.6 is 11.3 Å². The number of aryl methyl sites for hydroxylation is 2. The van der Waals surface area contributed by atoms with Crippen molar-refractivity contribution in [3.8, 4) is 0 Å². The van der Waals surface area contributed by atoms with Crippen molar-refractivity contribution >= 4 is 17.3 Å². The highest BCUT2D eigenvalue weighted by Crippen LogP contribution is 2.32. The number of piperidine rings is 2. The third kappa shape index (κ3) is 3.86. The summed E-state index contributed by atoms with van der Waals surface area (Å²) in [6, 6.07) is 2.01. The highest BCUT2D eigenvalue weighted by Gasteiger charge is 2.36. The van der Waals surface area contributed by atoms with Gasteiger partial charge in [-0.25, -0.2) is 4.98 Å². The maximum absolute atomic E-state index is 4.59. The van der Waals surface area contributed by atoms with Crippen molar-refractivity contribution in [1.82, 2.24) is 20.5 Å². The van der Waals surface area contributed by atoms with E-state index in [1.807, 2.05) is 7.05 Å². The first kappa shape index (κ1) is 16.7. The van der Waals surface area contributed by atoms with Crippen molar-refractivity contribution in [2.75, 3.05) is 14.1 Å². The van der Waals surface area contributed by atoms with Crippen molar-refractivity contribution in [1.29, 1.82) is 0 Å². The highest BCUT2D eigenvalue weighted by molar-refractivity contribution is 7.11. The van der Waals surface area contributed by atoms with Crippen molar-refractivity contribution in [3.05, 3.63) is 15.6 Å². The zero-order valence-corrected chi connectivity index (χ0v) is 15.5. The lowest BCUT2D eigenvalue weighted by Gasteiger charge is -2.47. The standard InChI is InChI=1S/C17H29N5S/c1-11-12(2)23-16(20-11)10-19-17(18-3)21-13-8-14-6-5-7-15(9-13)22(14)4/h13-15H,5-10H2,1-4H3,(H2,18,19,21). The molecule has 2 fully saturated rings. The summed E-state index contributed by atoms with van der Waals surface area (Å²) in [5.41, 5.74) is 1.14. The Kier molecular flexibility index (Phi) is 5.21. The summed E-state index contributed by atoms with van der Waals surface area (Å²) in [5, 5.41) is 8.19. The molecule has 2 saturated heterocycles. The second kappa shape index (κ2) is 7.18. The summed E-state index contributed by atoms with van der Waals surface area (Å²) < 4.78 is 0. The lowest BCUT2D eigenvalue weighted by molar-refractivity contribution is 0.0526. The number of nitrogens with one attached hydrogen (secondary N) is 2. The van der Waals surface area contributed by atoms with Crippen LogP contribution in [0.3, 0.4) is 0 Å². The molecule has 1 aromatic heterocycles. The van der Waals surface area contributed by atoms with Gasteiger partial charge in [-0.3, -0.25) is 4.99 Å². The Morgan fingerprint density at radius 1 is 1.30 bits per heavy atom. The molecule has 23 heavy (non-hydrogen) atoms. The molecule has 2 unspecified atom stereocenters. The molecule has 0 aromatic carbocycles. The van der Waals surface area contributed by atoms with E-state index in [1.165, 1.54) is 37.0 Å². The van der Waals surface area contributed by atoms with Gasteiger partial charge in [0.05, 0.1) is 12.2 Å². The van der Waals surface area contributed by atoms with Crippen molar-refractivity contribution in [2.24, 2.45) is 4.99 Å². The van der Waals surface area contributed by atoms with Gasteiger partial charge in [-0.2, -0.15) is 0 Å². The van der Waals surface area contributed by atoms with Gasteiger partial charge in [-0.15, -0.1) is 11.3 Å². The minimum Gasteiger partial charge on any atom is -0.354 e. The molecule has 0 aliphatic carbocycles. The fraction of sp³-hybridized carbons (Fsp3) is 0.765. The first-order valence-corrected chi connectivity index (χ1v) is 9.50. The van der Waals surface area contributed by atoms with Crippen LogP contribution in [0.5, 0.6) is 0 Å². The topological polar surface area (TPSA) is 52.6 Å². The number of thiazole rings is 1. The monoisotopic (exact) mass is 335 g/mol. The fourth-order valence-corrected chi connectivity index (χ4v) is 4.77. The molecule has 1 aromatic rings. The van der Waals surface area contributed by atoms with E-state index in [0.717, 1.165) is 35.3 Å². The Bertz CT molecular complexity index is 534. The van der Waals surface area contributed by atoms with Crippen LogP contribution in [0.4, 0.5) is 0 Å². The number of rotatable bonds is 3. The number of fused-ring (bicyclic) bond motifs is 2. The predicted molar refractivity (Wildman–Crippen MR) is 97.1 cm³/mol. The molecule has 2 aliphatic heterocycles. The molecule has 5 nitrogen and oxygen atoms in total. The Labute approximate surface area is 143 Å². The van der Waals surface area contributed by atoms with Gasteiger partial charge in [-0.05, 0) is 46.6 Å². The fourth-order valence-electron chi connectivity index (χ4n) is 3.90. The van der Waals surface area contributed by atoms with E-state index in [4.69, 9.17) is 0 Å². The van der Waals surface area contributed by atoms with Crippen LogP contribution in [0.25, 0.3) is 0 Å². The van der Waals surface area contributed by atoms with E-state index in [9.17, 15) is 0 Å². The van der Waals surface area contributed by atoms with Gasteiger partial charge in [0, 0.05) is 30.1 Å². The molecule has 6 heteroatoms. The molecule has 0 spiro atoms. The minimum absolute atomic E-state index is 0.535. The number of nitrogens with zero attached hydrogens (tertiary/aromatic N) is 3. The molecular formula is C17H29N5S. The molecule has 0 saturated carbocycles. The molecule has 3 heterocycles. The number of aromatic nitrogens is 1. The third-order valence-corrected chi connectivity index (χ3v) is 6.46. The molecule has 0 amide bonds.